The van der Waals surface area contributed by atoms with E-state index in [1.165, 1.54) is 45.1 Å². The van der Waals surface area contributed by atoms with Crippen molar-refractivity contribution in [3.8, 4) is 0 Å². The van der Waals surface area contributed by atoms with Gasteiger partial charge in [0.2, 0.25) is 0 Å². The Morgan fingerprint density at radius 3 is 2.54 bits per heavy atom. The van der Waals surface area contributed by atoms with Crippen LogP contribution in [0.5, 0.6) is 0 Å². The third-order valence-corrected chi connectivity index (χ3v) is 5.18. The van der Waals surface area contributed by atoms with Crippen LogP contribution in [-0.4, -0.2) is 64.3 Å². The number of nitrogens with zero attached hydrogens (tertiary/aromatic N) is 2. The van der Waals surface area contributed by atoms with E-state index >= 15 is 0 Å². The molecule has 0 aromatic rings. The molecule has 5 heteroatoms. The molecule has 0 atom stereocenters. The minimum Gasteiger partial charge on any atom is -0.382 e. The number of nitrogens with one attached hydrogen (secondary N) is 2. The van der Waals surface area contributed by atoms with Crippen LogP contribution in [0, 0.1) is 5.41 Å². The van der Waals surface area contributed by atoms with Crippen LogP contribution in [0.15, 0.2) is 4.99 Å². The Bertz CT molecular complexity index is 340. The van der Waals surface area contributed by atoms with Crippen LogP contribution in [0.1, 0.15) is 58.8 Å². The Kier molecular flexibility index (Phi) is 11.1. The molecule has 1 saturated carbocycles. The van der Waals surface area contributed by atoms with E-state index in [4.69, 9.17) is 4.74 Å². The first-order valence-electron chi connectivity index (χ1n) is 9.86. The van der Waals surface area contributed by atoms with Crippen molar-refractivity contribution in [3.63, 3.8) is 0 Å². The average molecular weight is 341 g/mol. The molecule has 1 rings (SSSR count). The maximum atomic E-state index is 5.60. The molecule has 0 bridgehead atoms. The zero-order chi connectivity index (χ0) is 17.7. The minimum atomic E-state index is 0.394. The molecule has 24 heavy (non-hydrogen) atoms. The highest BCUT2D eigenvalue weighted by molar-refractivity contribution is 5.79. The molecule has 0 heterocycles. The molecule has 1 aliphatic carbocycles. The quantitative estimate of drug-likeness (QED) is 0.326. The molecule has 0 amide bonds. The van der Waals surface area contributed by atoms with E-state index in [-0.39, 0.29) is 0 Å². The SMILES string of the molecule is CCCCN(C)CCNC(=NC)NCC1(CCOCC)CCCC1. The van der Waals surface area contributed by atoms with E-state index in [1.54, 1.807) is 0 Å². The summed E-state index contributed by atoms with van der Waals surface area (Å²) in [5, 5.41) is 7.01. The van der Waals surface area contributed by atoms with Crippen LogP contribution in [0.2, 0.25) is 0 Å². The van der Waals surface area contributed by atoms with Gasteiger partial charge in [-0.3, -0.25) is 4.99 Å². The maximum Gasteiger partial charge on any atom is 0.191 e. The summed E-state index contributed by atoms with van der Waals surface area (Å²) in [6.07, 6.45) is 9.00. The van der Waals surface area contributed by atoms with Crippen molar-refractivity contribution in [1.82, 2.24) is 15.5 Å². The van der Waals surface area contributed by atoms with Gasteiger partial charge in [0.1, 0.15) is 0 Å². The molecule has 1 aliphatic rings. The van der Waals surface area contributed by atoms with Crippen LogP contribution in [0.3, 0.4) is 0 Å². The summed E-state index contributed by atoms with van der Waals surface area (Å²) in [5.74, 6) is 0.932. The molecule has 2 N–H and O–H groups in total. The molecule has 0 unspecified atom stereocenters. The second kappa shape index (κ2) is 12.5. The zero-order valence-electron chi connectivity index (χ0n) is 16.5. The molecule has 5 nitrogen and oxygen atoms in total. The highest BCUT2D eigenvalue weighted by Crippen LogP contribution is 2.40. The van der Waals surface area contributed by atoms with Gasteiger partial charge in [0.15, 0.2) is 5.96 Å². The number of hydrogen-bond acceptors (Lipinski definition) is 3. The summed E-state index contributed by atoms with van der Waals surface area (Å²) in [4.78, 5) is 6.76. The summed E-state index contributed by atoms with van der Waals surface area (Å²) in [6, 6.07) is 0. The molecule has 0 saturated heterocycles. The van der Waals surface area contributed by atoms with Crippen molar-refractivity contribution in [1.29, 1.82) is 0 Å². The maximum absolute atomic E-state index is 5.60. The largest absolute Gasteiger partial charge is 0.382 e. The topological polar surface area (TPSA) is 48.9 Å². The molecule has 0 aromatic carbocycles. The van der Waals surface area contributed by atoms with Crippen molar-refractivity contribution in [2.45, 2.75) is 58.8 Å². The van der Waals surface area contributed by atoms with Gasteiger partial charge in [0.25, 0.3) is 0 Å². The lowest BCUT2D eigenvalue weighted by atomic mass is 9.83. The number of aliphatic imine (C=N–C) groups is 1. The van der Waals surface area contributed by atoms with Crippen LogP contribution in [0.25, 0.3) is 0 Å². The first kappa shape index (κ1) is 21.2. The van der Waals surface area contributed by atoms with Crippen LogP contribution < -0.4 is 10.6 Å². The second-order valence-corrected chi connectivity index (χ2v) is 7.16. The fourth-order valence-electron chi connectivity index (χ4n) is 3.47. The van der Waals surface area contributed by atoms with Crippen LogP contribution in [-0.2, 0) is 4.74 Å². The number of likely N-dealkylation sites (N-methyl/N-ethyl adjacent to an activating group) is 1. The fraction of sp³-hybridized carbons (Fsp3) is 0.947. The lowest BCUT2D eigenvalue weighted by molar-refractivity contribution is 0.105. The van der Waals surface area contributed by atoms with Crippen LogP contribution in [0.4, 0.5) is 0 Å². The predicted molar refractivity (Wildman–Crippen MR) is 104 cm³/mol. The van der Waals surface area contributed by atoms with Gasteiger partial charge >= 0.3 is 0 Å². The van der Waals surface area contributed by atoms with Gasteiger partial charge in [-0.05, 0) is 51.6 Å². The second-order valence-electron chi connectivity index (χ2n) is 7.16. The van der Waals surface area contributed by atoms with E-state index in [0.29, 0.717) is 5.41 Å². The van der Waals surface area contributed by atoms with Crippen molar-refractivity contribution in [3.05, 3.63) is 0 Å². The Morgan fingerprint density at radius 1 is 1.17 bits per heavy atom. The highest BCUT2D eigenvalue weighted by atomic mass is 16.5. The summed E-state index contributed by atoms with van der Waals surface area (Å²) in [5.41, 5.74) is 0.394. The smallest absolute Gasteiger partial charge is 0.191 e. The molecular formula is C19H40N4O. The van der Waals surface area contributed by atoms with E-state index in [0.717, 1.165) is 45.2 Å². The first-order chi connectivity index (χ1) is 11.7. The van der Waals surface area contributed by atoms with Gasteiger partial charge in [-0.2, -0.15) is 0 Å². The molecule has 0 radical (unpaired) electrons. The van der Waals surface area contributed by atoms with Crippen molar-refractivity contribution in [2.75, 3.05) is 53.5 Å². The Morgan fingerprint density at radius 2 is 1.92 bits per heavy atom. The van der Waals surface area contributed by atoms with Crippen molar-refractivity contribution < 1.29 is 4.74 Å². The van der Waals surface area contributed by atoms with Gasteiger partial charge < -0.3 is 20.3 Å². The number of ether oxygens (including phenoxy) is 1. The third-order valence-electron chi connectivity index (χ3n) is 5.18. The standard InChI is InChI=1S/C19H40N4O/c1-5-7-14-23(4)15-13-21-18(20-3)22-17-19(10-8-9-11-19)12-16-24-6-2/h5-17H2,1-4H3,(H2,20,21,22). The van der Waals surface area contributed by atoms with Gasteiger partial charge in [-0.25, -0.2) is 0 Å². The molecular weight excluding hydrogens is 300 g/mol. The van der Waals surface area contributed by atoms with E-state index < -0.39 is 0 Å². The van der Waals surface area contributed by atoms with Gasteiger partial charge in [0.05, 0.1) is 0 Å². The monoisotopic (exact) mass is 340 g/mol. The zero-order valence-corrected chi connectivity index (χ0v) is 16.5. The molecule has 0 aromatic heterocycles. The minimum absolute atomic E-state index is 0.394. The number of guanidine groups is 1. The highest BCUT2D eigenvalue weighted by Gasteiger charge is 2.33. The normalized spacial score (nSPS) is 17.5. The molecule has 1 fully saturated rings. The number of unbranched alkanes of at least 4 members (excludes halogenated alkanes) is 1. The van der Waals surface area contributed by atoms with Crippen molar-refractivity contribution in [2.24, 2.45) is 10.4 Å². The number of rotatable bonds is 12. The summed E-state index contributed by atoms with van der Waals surface area (Å²) < 4.78 is 5.60. The molecule has 0 aliphatic heterocycles. The van der Waals surface area contributed by atoms with E-state index in [1.807, 2.05) is 7.05 Å². The Hall–Kier alpha value is -0.810. The van der Waals surface area contributed by atoms with E-state index in [2.05, 4.69) is 41.4 Å². The number of hydrogen-bond donors (Lipinski definition) is 2. The van der Waals surface area contributed by atoms with E-state index in [9.17, 15) is 0 Å². The average Bonchev–Trinajstić information content (AvgIpc) is 3.05. The third kappa shape index (κ3) is 8.34. The van der Waals surface area contributed by atoms with Crippen molar-refractivity contribution >= 4 is 5.96 Å². The predicted octanol–water partition coefficient (Wildman–Crippen LogP) is 2.87. The Labute approximate surface area is 149 Å². The summed E-state index contributed by atoms with van der Waals surface area (Å²) in [6.45, 7) is 10.2. The first-order valence-corrected chi connectivity index (χ1v) is 9.86. The van der Waals surface area contributed by atoms with Gasteiger partial charge in [0, 0.05) is 39.9 Å². The molecule has 0 spiro atoms. The van der Waals surface area contributed by atoms with Crippen LogP contribution >= 0.6 is 0 Å². The van der Waals surface area contributed by atoms with Gasteiger partial charge in [-0.1, -0.05) is 26.2 Å². The van der Waals surface area contributed by atoms with Gasteiger partial charge in [-0.15, -0.1) is 0 Å². The summed E-state index contributed by atoms with van der Waals surface area (Å²) in [7, 11) is 4.05. The Balaban J connectivity index is 2.30. The lowest BCUT2D eigenvalue weighted by Crippen LogP contribution is -2.45. The lowest BCUT2D eigenvalue weighted by Gasteiger charge is -2.30. The summed E-state index contributed by atoms with van der Waals surface area (Å²) >= 11 is 0. The fourth-order valence-corrected chi connectivity index (χ4v) is 3.47. The molecule has 142 valence electrons.